The molecule has 23 heavy (non-hydrogen) atoms. The van der Waals surface area contributed by atoms with Gasteiger partial charge < -0.3 is 9.84 Å². The lowest BCUT2D eigenvalue weighted by atomic mass is 9.88. The number of hydrogen-bond donors (Lipinski definition) is 1. The van der Waals surface area contributed by atoms with Crippen LogP contribution in [0.5, 0.6) is 0 Å². The summed E-state index contributed by atoms with van der Waals surface area (Å²) in [7, 11) is 0. The largest absolute Gasteiger partial charge is 0.344 e. The average Bonchev–Trinajstić information content (AvgIpc) is 3.06. The number of aryl methyl sites for hydroxylation is 1. The monoisotopic (exact) mass is 313 g/mol. The van der Waals surface area contributed by atoms with E-state index in [2.05, 4.69) is 15.5 Å². The lowest BCUT2D eigenvalue weighted by Crippen LogP contribution is -2.33. The molecule has 1 heterocycles. The SMILES string of the molecule is Cc1ccccc1-c1noc([C@H](C)NC(=O)C2CCCCC2)n1. The molecule has 122 valence electrons. The molecule has 1 amide bonds. The lowest BCUT2D eigenvalue weighted by molar-refractivity contribution is -0.126. The summed E-state index contributed by atoms with van der Waals surface area (Å²) in [6.45, 7) is 3.90. The molecule has 0 unspecified atom stereocenters. The van der Waals surface area contributed by atoms with Crippen LogP contribution in [0.4, 0.5) is 0 Å². The highest BCUT2D eigenvalue weighted by Gasteiger charge is 2.24. The third-order valence-electron chi connectivity index (χ3n) is 4.53. The van der Waals surface area contributed by atoms with Gasteiger partial charge in [-0.15, -0.1) is 0 Å². The molecule has 3 rings (SSSR count). The Balaban J connectivity index is 1.67. The first kappa shape index (κ1) is 15.7. The van der Waals surface area contributed by atoms with E-state index in [9.17, 15) is 4.79 Å². The Morgan fingerprint density at radius 1 is 1.26 bits per heavy atom. The molecular formula is C18H23N3O2. The number of benzene rings is 1. The van der Waals surface area contributed by atoms with Crippen LogP contribution in [0.1, 0.15) is 56.5 Å². The van der Waals surface area contributed by atoms with E-state index in [1.807, 2.05) is 38.1 Å². The van der Waals surface area contributed by atoms with Crippen LogP contribution >= 0.6 is 0 Å². The van der Waals surface area contributed by atoms with Crippen LogP contribution in [0.25, 0.3) is 11.4 Å². The van der Waals surface area contributed by atoms with Crippen molar-refractivity contribution in [3.05, 3.63) is 35.7 Å². The summed E-state index contributed by atoms with van der Waals surface area (Å²) in [5, 5.41) is 7.06. The summed E-state index contributed by atoms with van der Waals surface area (Å²) in [6.07, 6.45) is 5.49. The van der Waals surface area contributed by atoms with Crippen molar-refractivity contribution in [2.45, 2.75) is 52.0 Å². The van der Waals surface area contributed by atoms with Crippen molar-refractivity contribution >= 4 is 5.91 Å². The second-order valence-corrected chi connectivity index (χ2v) is 6.34. The standard InChI is InChI=1S/C18H23N3O2/c1-12-8-6-7-11-15(12)16-20-18(23-21-16)13(2)19-17(22)14-9-4-3-5-10-14/h6-8,11,13-14H,3-5,9-10H2,1-2H3,(H,19,22)/t13-/m0/s1. The highest BCUT2D eigenvalue weighted by Crippen LogP contribution is 2.25. The van der Waals surface area contributed by atoms with Gasteiger partial charge in [0.2, 0.25) is 17.6 Å². The Kier molecular flexibility index (Phi) is 4.74. The van der Waals surface area contributed by atoms with Gasteiger partial charge in [0.25, 0.3) is 0 Å². The fourth-order valence-electron chi connectivity index (χ4n) is 3.10. The van der Waals surface area contributed by atoms with Crippen molar-refractivity contribution in [2.75, 3.05) is 0 Å². The molecule has 1 atom stereocenters. The third-order valence-corrected chi connectivity index (χ3v) is 4.53. The summed E-state index contributed by atoms with van der Waals surface area (Å²) in [5.41, 5.74) is 2.05. The van der Waals surface area contributed by atoms with E-state index in [-0.39, 0.29) is 17.9 Å². The number of hydrogen-bond acceptors (Lipinski definition) is 4. The average molecular weight is 313 g/mol. The third kappa shape index (κ3) is 3.60. The molecule has 5 heteroatoms. The molecule has 1 aliphatic rings. The molecule has 0 radical (unpaired) electrons. The van der Waals surface area contributed by atoms with Gasteiger partial charge >= 0.3 is 0 Å². The Morgan fingerprint density at radius 3 is 2.74 bits per heavy atom. The predicted octanol–water partition coefficient (Wildman–Crippen LogP) is 3.80. The van der Waals surface area contributed by atoms with Gasteiger partial charge in [0.15, 0.2) is 0 Å². The van der Waals surface area contributed by atoms with Crippen molar-refractivity contribution in [3.63, 3.8) is 0 Å². The van der Waals surface area contributed by atoms with E-state index in [1.165, 1.54) is 6.42 Å². The lowest BCUT2D eigenvalue weighted by Gasteiger charge is -2.22. The van der Waals surface area contributed by atoms with E-state index in [0.29, 0.717) is 11.7 Å². The molecule has 0 spiro atoms. The molecule has 1 fully saturated rings. The van der Waals surface area contributed by atoms with E-state index < -0.39 is 0 Å². The fourth-order valence-corrected chi connectivity index (χ4v) is 3.10. The zero-order valence-electron chi connectivity index (χ0n) is 13.7. The number of nitrogens with zero attached hydrogens (tertiary/aromatic N) is 2. The molecule has 0 aliphatic heterocycles. The second-order valence-electron chi connectivity index (χ2n) is 6.34. The maximum Gasteiger partial charge on any atom is 0.249 e. The Hall–Kier alpha value is -2.17. The van der Waals surface area contributed by atoms with Gasteiger partial charge in [-0.3, -0.25) is 4.79 Å². The first-order valence-electron chi connectivity index (χ1n) is 8.35. The first-order chi connectivity index (χ1) is 11.1. The highest BCUT2D eigenvalue weighted by molar-refractivity contribution is 5.79. The summed E-state index contributed by atoms with van der Waals surface area (Å²) in [5.74, 6) is 1.25. The highest BCUT2D eigenvalue weighted by atomic mass is 16.5. The summed E-state index contributed by atoms with van der Waals surface area (Å²) in [4.78, 5) is 16.8. The number of nitrogens with one attached hydrogen (secondary N) is 1. The van der Waals surface area contributed by atoms with Crippen LogP contribution in [0.3, 0.4) is 0 Å². The fraction of sp³-hybridized carbons (Fsp3) is 0.500. The summed E-state index contributed by atoms with van der Waals surface area (Å²) in [6, 6.07) is 7.64. The summed E-state index contributed by atoms with van der Waals surface area (Å²) >= 11 is 0. The topological polar surface area (TPSA) is 68.0 Å². The quantitative estimate of drug-likeness (QED) is 0.932. The van der Waals surface area contributed by atoms with Gasteiger partial charge in [-0.05, 0) is 32.3 Å². The molecule has 1 aromatic heterocycles. The van der Waals surface area contributed by atoms with E-state index in [4.69, 9.17) is 4.52 Å². The van der Waals surface area contributed by atoms with Crippen molar-refractivity contribution in [3.8, 4) is 11.4 Å². The number of amides is 1. The van der Waals surface area contributed by atoms with Crippen LogP contribution in [0, 0.1) is 12.8 Å². The summed E-state index contributed by atoms with van der Waals surface area (Å²) < 4.78 is 5.35. The smallest absolute Gasteiger partial charge is 0.249 e. The van der Waals surface area contributed by atoms with Crippen molar-refractivity contribution < 1.29 is 9.32 Å². The maximum atomic E-state index is 12.3. The molecule has 1 aliphatic carbocycles. The molecule has 1 N–H and O–H groups in total. The van der Waals surface area contributed by atoms with Crippen LogP contribution in [0.2, 0.25) is 0 Å². The minimum atomic E-state index is -0.269. The van der Waals surface area contributed by atoms with Gasteiger partial charge in [0.1, 0.15) is 6.04 Å². The molecule has 0 saturated heterocycles. The van der Waals surface area contributed by atoms with Gasteiger partial charge in [0, 0.05) is 11.5 Å². The van der Waals surface area contributed by atoms with Gasteiger partial charge in [-0.1, -0.05) is 48.7 Å². The predicted molar refractivity (Wildman–Crippen MR) is 87.6 cm³/mol. The first-order valence-corrected chi connectivity index (χ1v) is 8.35. The van der Waals surface area contributed by atoms with Crippen LogP contribution < -0.4 is 5.32 Å². The van der Waals surface area contributed by atoms with E-state index in [0.717, 1.165) is 36.8 Å². The van der Waals surface area contributed by atoms with Crippen molar-refractivity contribution in [1.29, 1.82) is 0 Å². The maximum absolute atomic E-state index is 12.3. The zero-order valence-corrected chi connectivity index (χ0v) is 13.7. The van der Waals surface area contributed by atoms with Gasteiger partial charge in [-0.2, -0.15) is 4.98 Å². The minimum Gasteiger partial charge on any atom is -0.344 e. The van der Waals surface area contributed by atoms with Crippen molar-refractivity contribution in [2.24, 2.45) is 5.92 Å². The van der Waals surface area contributed by atoms with Gasteiger partial charge in [-0.25, -0.2) is 0 Å². The van der Waals surface area contributed by atoms with E-state index in [1.54, 1.807) is 0 Å². The molecule has 2 aromatic rings. The number of carbonyl (C=O) groups is 1. The zero-order chi connectivity index (χ0) is 16.2. The normalized spacial score (nSPS) is 17.0. The van der Waals surface area contributed by atoms with E-state index >= 15 is 0 Å². The van der Waals surface area contributed by atoms with Crippen LogP contribution in [0.15, 0.2) is 28.8 Å². The van der Waals surface area contributed by atoms with Crippen LogP contribution in [-0.2, 0) is 4.79 Å². The molecule has 0 bridgehead atoms. The molecular weight excluding hydrogens is 290 g/mol. The molecule has 5 nitrogen and oxygen atoms in total. The Labute approximate surface area is 136 Å². The van der Waals surface area contributed by atoms with Crippen LogP contribution in [-0.4, -0.2) is 16.0 Å². The Bertz CT molecular complexity index is 674. The number of carbonyl (C=O) groups excluding carboxylic acids is 1. The molecule has 1 aromatic carbocycles. The van der Waals surface area contributed by atoms with Gasteiger partial charge in [0.05, 0.1) is 0 Å². The second kappa shape index (κ2) is 6.94. The van der Waals surface area contributed by atoms with Crippen molar-refractivity contribution in [1.82, 2.24) is 15.5 Å². The molecule has 1 saturated carbocycles. The number of aromatic nitrogens is 2. The number of rotatable bonds is 4. The minimum absolute atomic E-state index is 0.104. The Morgan fingerprint density at radius 2 is 2.00 bits per heavy atom.